The third-order valence-corrected chi connectivity index (χ3v) is 3.04. The van der Waals surface area contributed by atoms with Crippen molar-refractivity contribution in [2.75, 3.05) is 14.2 Å². The second kappa shape index (κ2) is 5.23. The number of aryl methyl sites for hydroxylation is 1. The molecule has 0 saturated heterocycles. The summed E-state index contributed by atoms with van der Waals surface area (Å²) in [5.41, 5.74) is 4.50. The van der Waals surface area contributed by atoms with Gasteiger partial charge >= 0.3 is 0 Å². The molecule has 0 aliphatic rings. The maximum Gasteiger partial charge on any atom is 0.144 e. The summed E-state index contributed by atoms with van der Waals surface area (Å²) in [7, 11) is 3.62. The third kappa shape index (κ3) is 2.24. The van der Waals surface area contributed by atoms with Gasteiger partial charge in [0.2, 0.25) is 0 Å². The number of rotatable bonds is 4. The minimum atomic E-state index is 0.819. The van der Waals surface area contributed by atoms with Crippen LogP contribution in [0.1, 0.15) is 16.8 Å². The lowest BCUT2D eigenvalue weighted by atomic mass is 10.2. The predicted molar refractivity (Wildman–Crippen MR) is 72.4 cm³/mol. The molecule has 0 fully saturated rings. The second-order valence-electron chi connectivity index (χ2n) is 4.37. The van der Waals surface area contributed by atoms with Gasteiger partial charge in [0.15, 0.2) is 0 Å². The van der Waals surface area contributed by atoms with E-state index in [0.29, 0.717) is 0 Å². The molecule has 4 nitrogen and oxygen atoms in total. The number of nitrogens with zero attached hydrogens (tertiary/aromatic N) is 2. The molecule has 1 aromatic carbocycles. The fraction of sp³-hybridized carbons (Fsp3) is 0.357. The van der Waals surface area contributed by atoms with Crippen molar-refractivity contribution < 1.29 is 4.74 Å². The first kappa shape index (κ1) is 12.6. The molecule has 2 rings (SSSR count). The minimum Gasteiger partial charge on any atom is -0.494 e. The van der Waals surface area contributed by atoms with Gasteiger partial charge in [-0.3, -0.25) is 0 Å². The lowest BCUT2D eigenvalue weighted by Gasteiger charge is -2.11. The van der Waals surface area contributed by atoms with Crippen LogP contribution >= 0.6 is 0 Å². The van der Waals surface area contributed by atoms with Crippen LogP contribution in [0, 0.1) is 13.8 Å². The molecule has 18 heavy (non-hydrogen) atoms. The summed E-state index contributed by atoms with van der Waals surface area (Å²) in [4.78, 5) is 0. The number of methoxy groups -OCH3 is 1. The zero-order chi connectivity index (χ0) is 13.1. The fourth-order valence-electron chi connectivity index (χ4n) is 2.02. The molecule has 0 aliphatic heterocycles. The van der Waals surface area contributed by atoms with Gasteiger partial charge < -0.3 is 10.1 Å². The predicted octanol–water partition coefficient (Wildman–Crippen LogP) is 2.22. The summed E-state index contributed by atoms with van der Waals surface area (Å²) < 4.78 is 7.33. The SMILES string of the molecule is CNCc1cnn(-c2cc(C)ccc2OC)c1C. The van der Waals surface area contributed by atoms with Crippen molar-refractivity contribution in [3.63, 3.8) is 0 Å². The first-order chi connectivity index (χ1) is 8.67. The topological polar surface area (TPSA) is 39.1 Å². The molecular weight excluding hydrogens is 226 g/mol. The first-order valence-electron chi connectivity index (χ1n) is 6.00. The normalized spacial score (nSPS) is 10.7. The molecule has 1 heterocycles. The Bertz CT molecular complexity index is 546. The summed E-state index contributed by atoms with van der Waals surface area (Å²) >= 11 is 0. The Labute approximate surface area is 108 Å². The van der Waals surface area contributed by atoms with Gasteiger partial charge in [0, 0.05) is 17.8 Å². The Balaban J connectivity index is 2.51. The lowest BCUT2D eigenvalue weighted by molar-refractivity contribution is 0.411. The number of nitrogens with one attached hydrogen (secondary N) is 1. The highest BCUT2D eigenvalue weighted by molar-refractivity contribution is 5.49. The monoisotopic (exact) mass is 245 g/mol. The molecule has 0 atom stereocenters. The molecule has 0 amide bonds. The van der Waals surface area contributed by atoms with Crippen LogP contribution in [-0.4, -0.2) is 23.9 Å². The van der Waals surface area contributed by atoms with E-state index in [1.54, 1.807) is 7.11 Å². The lowest BCUT2D eigenvalue weighted by Crippen LogP contribution is -2.07. The van der Waals surface area contributed by atoms with Crippen molar-refractivity contribution in [1.29, 1.82) is 0 Å². The molecule has 0 spiro atoms. The Hall–Kier alpha value is -1.81. The van der Waals surface area contributed by atoms with Crippen molar-refractivity contribution in [3.8, 4) is 11.4 Å². The van der Waals surface area contributed by atoms with E-state index in [9.17, 15) is 0 Å². The molecular formula is C14H19N3O. The summed E-state index contributed by atoms with van der Waals surface area (Å²) in [5.74, 6) is 0.836. The third-order valence-electron chi connectivity index (χ3n) is 3.04. The van der Waals surface area contributed by atoms with Gasteiger partial charge in [-0.25, -0.2) is 4.68 Å². The van der Waals surface area contributed by atoms with Crippen molar-refractivity contribution in [2.45, 2.75) is 20.4 Å². The van der Waals surface area contributed by atoms with Crippen LogP contribution in [-0.2, 0) is 6.54 Å². The summed E-state index contributed by atoms with van der Waals surface area (Å²) in [6.07, 6.45) is 1.90. The Morgan fingerprint density at radius 1 is 1.33 bits per heavy atom. The first-order valence-corrected chi connectivity index (χ1v) is 6.00. The molecule has 0 aliphatic carbocycles. The highest BCUT2D eigenvalue weighted by atomic mass is 16.5. The maximum atomic E-state index is 5.40. The summed E-state index contributed by atoms with van der Waals surface area (Å²) in [6.45, 7) is 4.96. The van der Waals surface area contributed by atoms with E-state index in [2.05, 4.69) is 30.3 Å². The fourth-order valence-corrected chi connectivity index (χ4v) is 2.02. The minimum absolute atomic E-state index is 0.819. The van der Waals surface area contributed by atoms with Crippen molar-refractivity contribution >= 4 is 0 Å². The Kier molecular flexibility index (Phi) is 3.67. The van der Waals surface area contributed by atoms with Gasteiger partial charge in [-0.1, -0.05) is 6.07 Å². The van der Waals surface area contributed by atoms with E-state index in [0.717, 1.165) is 23.7 Å². The van der Waals surface area contributed by atoms with Gasteiger partial charge in [-0.2, -0.15) is 5.10 Å². The number of hydrogen-bond acceptors (Lipinski definition) is 3. The average Bonchev–Trinajstić information content (AvgIpc) is 2.72. The molecule has 0 bridgehead atoms. The van der Waals surface area contributed by atoms with Crippen molar-refractivity contribution in [3.05, 3.63) is 41.2 Å². The van der Waals surface area contributed by atoms with E-state index < -0.39 is 0 Å². The van der Waals surface area contributed by atoms with E-state index in [1.807, 2.05) is 30.1 Å². The van der Waals surface area contributed by atoms with Crippen molar-refractivity contribution in [2.24, 2.45) is 0 Å². The van der Waals surface area contributed by atoms with Gasteiger partial charge in [-0.15, -0.1) is 0 Å². The standard InChI is InChI=1S/C14H19N3O/c1-10-5-6-14(18-4)13(7-10)17-11(2)12(8-15-3)9-16-17/h5-7,9,15H,8H2,1-4H3. The van der Waals surface area contributed by atoms with Crippen LogP contribution < -0.4 is 10.1 Å². The number of aromatic nitrogens is 2. The zero-order valence-electron chi connectivity index (χ0n) is 11.3. The van der Waals surface area contributed by atoms with Gasteiger partial charge in [0.1, 0.15) is 11.4 Å². The maximum absolute atomic E-state index is 5.40. The molecule has 2 aromatic rings. The highest BCUT2D eigenvalue weighted by Crippen LogP contribution is 2.25. The van der Waals surface area contributed by atoms with Crippen LogP contribution in [0.25, 0.3) is 5.69 Å². The van der Waals surface area contributed by atoms with E-state index >= 15 is 0 Å². The van der Waals surface area contributed by atoms with Crippen LogP contribution in [0.2, 0.25) is 0 Å². The van der Waals surface area contributed by atoms with E-state index in [-0.39, 0.29) is 0 Å². The summed E-state index contributed by atoms with van der Waals surface area (Å²) in [5, 5.41) is 7.60. The van der Waals surface area contributed by atoms with E-state index in [4.69, 9.17) is 4.74 Å². The van der Waals surface area contributed by atoms with Crippen LogP contribution in [0.4, 0.5) is 0 Å². The van der Waals surface area contributed by atoms with Gasteiger partial charge in [0.25, 0.3) is 0 Å². The highest BCUT2D eigenvalue weighted by Gasteiger charge is 2.11. The van der Waals surface area contributed by atoms with Gasteiger partial charge in [0.05, 0.1) is 13.3 Å². The average molecular weight is 245 g/mol. The van der Waals surface area contributed by atoms with Crippen molar-refractivity contribution in [1.82, 2.24) is 15.1 Å². The van der Waals surface area contributed by atoms with Crippen LogP contribution in [0.3, 0.4) is 0 Å². The second-order valence-corrected chi connectivity index (χ2v) is 4.37. The Morgan fingerprint density at radius 3 is 2.78 bits per heavy atom. The molecule has 4 heteroatoms. The molecule has 1 aromatic heterocycles. The van der Waals surface area contributed by atoms with Crippen LogP contribution in [0.15, 0.2) is 24.4 Å². The quantitative estimate of drug-likeness (QED) is 0.897. The van der Waals surface area contributed by atoms with Crippen LogP contribution in [0.5, 0.6) is 5.75 Å². The molecule has 0 unspecified atom stereocenters. The summed E-state index contributed by atoms with van der Waals surface area (Å²) in [6, 6.07) is 6.10. The van der Waals surface area contributed by atoms with E-state index in [1.165, 1.54) is 11.1 Å². The van der Waals surface area contributed by atoms with Gasteiger partial charge in [-0.05, 0) is 38.6 Å². The largest absolute Gasteiger partial charge is 0.494 e. The Morgan fingerprint density at radius 2 is 2.11 bits per heavy atom. The smallest absolute Gasteiger partial charge is 0.144 e. The molecule has 0 radical (unpaired) electrons. The molecule has 96 valence electrons. The number of ether oxygens (including phenoxy) is 1. The molecule has 1 N–H and O–H groups in total. The zero-order valence-corrected chi connectivity index (χ0v) is 11.3. The number of hydrogen-bond donors (Lipinski definition) is 1. The number of benzene rings is 1. The molecule has 0 saturated carbocycles.